The second-order valence-electron chi connectivity index (χ2n) is 3.93. The van der Waals surface area contributed by atoms with Crippen LogP contribution >= 0.6 is 11.6 Å². The highest BCUT2D eigenvalue weighted by atomic mass is 35.5. The van der Waals surface area contributed by atoms with E-state index in [9.17, 15) is 9.59 Å². The number of hydrogen-bond donors (Lipinski definition) is 1. The summed E-state index contributed by atoms with van der Waals surface area (Å²) >= 11 is 6.01. The molecule has 1 aromatic rings. The van der Waals surface area contributed by atoms with Gasteiger partial charge in [0.2, 0.25) is 5.56 Å². The van der Waals surface area contributed by atoms with Gasteiger partial charge in [0.1, 0.15) is 0 Å². The molecule has 1 atom stereocenters. The topological polar surface area (TPSA) is 53.2 Å². The molecule has 2 rings (SSSR count). The molecule has 86 valence electrons. The van der Waals surface area contributed by atoms with Crippen molar-refractivity contribution < 1.29 is 4.79 Å². The van der Waals surface area contributed by atoms with Crippen molar-refractivity contribution >= 4 is 17.5 Å². The van der Waals surface area contributed by atoms with Gasteiger partial charge >= 0.3 is 0 Å². The molecule has 0 saturated carbocycles. The van der Waals surface area contributed by atoms with Gasteiger partial charge in [0.25, 0.3) is 5.91 Å². The molecular formula is C11H13ClN2O2. The van der Waals surface area contributed by atoms with Crippen molar-refractivity contribution in [3.63, 3.8) is 0 Å². The Bertz CT molecular complexity index is 444. The standard InChI is InChI=1S/C11H13ClN2O2/c12-9-2-1-5-14(7-9)11(16)8-3-4-13-10(15)6-8/h3-4,6,9H,1-2,5,7H2,(H,13,15). The molecule has 0 aromatic carbocycles. The van der Waals surface area contributed by atoms with E-state index in [0.717, 1.165) is 19.4 Å². The molecule has 1 unspecified atom stereocenters. The molecule has 1 aromatic heterocycles. The molecule has 5 heteroatoms. The highest BCUT2D eigenvalue weighted by molar-refractivity contribution is 6.21. The van der Waals surface area contributed by atoms with Crippen LogP contribution < -0.4 is 5.56 Å². The van der Waals surface area contributed by atoms with Crippen molar-refractivity contribution in [2.75, 3.05) is 13.1 Å². The number of nitrogens with one attached hydrogen (secondary N) is 1. The molecule has 1 aliphatic heterocycles. The fourth-order valence-electron chi connectivity index (χ4n) is 1.87. The highest BCUT2D eigenvalue weighted by Crippen LogP contribution is 2.16. The summed E-state index contributed by atoms with van der Waals surface area (Å²) in [5.41, 5.74) is 0.166. The summed E-state index contributed by atoms with van der Waals surface area (Å²) in [5.74, 6) is -0.114. The summed E-state index contributed by atoms with van der Waals surface area (Å²) in [6.07, 6.45) is 3.35. The van der Waals surface area contributed by atoms with Gasteiger partial charge in [0.05, 0.1) is 5.38 Å². The number of alkyl halides is 1. The average molecular weight is 241 g/mol. The van der Waals surface area contributed by atoms with Crippen LogP contribution in [0.2, 0.25) is 0 Å². The number of nitrogens with zero attached hydrogens (tertiary/aromatic N) is 1. The molecule has 0 radical (unpaired) electrons. The van der Waals surface area contributed by atoms with Gasteiger partial charge in [-0.1, -0.05) is 0 Å². The highest BCUT2D eigenvalue weighted by Gasteiger charge is 2.23. The summed E-state index contributed by atoms with van der Waals surface area (Å²) < 4.78 is 0. The molecule has 0 spiro atoms. The van der Waals surface area contributed by atoms with Gasteiger partial charge in [-0.2, -0.15) is 0 Å². The number of likely N-dealkylation sites (tertiary alicyclic amines) is 1. The molecule has 1 saturated heterocycles. The van der Waals surface area contributed by atoms with Crippen LogP contribution in [0.1, 0.15) is 23.2 Å². The number of carbonyl (C=O) groups excluding carboxylic acids is 1. The summed E-state index contributed by atoms with van der Waals surface area (Å²) in [6, 6.07) is 2.93. The third-order valence-electron chi connectivity index (χ3n) is 2.67. The fraction of sp³-hybridized carbons (Fsp3) is 0.455. The van der Waals surface area contributed by atoms with Crippen LogP contribution in [-0.2, 0) is 0 Å². The van der Waals surface area contributed by atoms with Crippen molar-refractivity contribution in [1.29, 1.82) is 0 Å². The van der Waals surface area contributed by atoms with Crippen molar-refractivity contribution in [3.8, 4) is 0 Å². The van der Waals surface area contributed by atoms with E-state index in [1.165, 1.54) is 12.3 Å². The Hall–Kier alpha value is -1.29. The normalized spacial score (nSPS) is 20.8. The van der Waals surface area contributed by atoms with Crippen LogP contribution in [0.3, 0.4) is 0 Å². The van der Waals surface area contributed by atoms with Crippen LogP contribution in [0.4, 0.5) is 0 Å². The number of amides is 1. The Balaban J connectivity index is 2.15. The first-order valence-corrected chi connectivity index (χ1v) is 5.72. The minimum atomic E-state index is -0.259. The second kappa shape index (κ2) is 4.70. The van der Waals surface area contributed by atoms with Crippen LogP contribution in [0.15, 0.2) is 23.1 Å². The summed E-state index contributed by atoms with van der Waals surface area (Å²) in [6.45, 7) is 1.28. The third-order valence-corrected chi connectivity index (χ3v) is 3.03. The van der Waals surface area contributed by atoms with Crippen molar-refractivity contribution in [1.82, 2.24) is 9.88 Å². The number of halogens is 1. The monoisotopic (exact) mass is 240 g/mol. The Labute approximate surface area is 98.2 Å². The molecule has 1 aliphatic rings. The van der Waals surface area contributed by atoms with E-state index in [2.05, 4.69) is 4.98 Å². The van der Waals surface area contributed by atoms with Crippen molar-refractivity contribution in [2.45, 2.75) is 18.2 Å². The van der Waals surface area contributed by atoms with E-state index in [1.54, 1.807) is 11.0 Å². The van der Waals surface area contributed by atoms with E-state index < -0.39 is 0 Å². The van der Waals surface area contributed by atoms with Gasteiger partial charge in [-0.3, -0.25) is 9.59 Å². The predicted molar refractivity (Wildman–Crippen MR) is 61.8 cm³/mol. The molecule has 16 heavy (non-hydrogen) atoms. The Morgan fingerprint density at radius 1 is 1.56 bits per heavy atom. The number of H-pyrrole nitrogens is 1. The Morgan fingerprint density at radius 3 is 3.06 bits per heavy atom. The lowest BCUT2D eigenvalue weighted by Gasteiger charge is -2.29. The first kappa shape index (κ1) is 11.2. The zero-order valence-electron chi connectivity index (χ0n) is 8.78. The minimum Gasteiger partial charge on any atom is -0.337 e. The largest absolute Gasteiger partial charge is 0.337 e. The Morgan fingerprint density at radius 2 is 2.38 bits per heavy atom. The lowest BCUT2D eigenvalue weighted by molar-refractivity contribution is 0.0727. The Kier molecular flexibility index (Phi) is 3.29. The van der Waals surface area contributed by atoms with Crippen molar-refractivity contribution in [3.05, 3.63) is 34.2 Å². The van der Waals surface area contributed by atoms with Crippen LogP contribution in [0.25, 0.3) is 0 Å². The molecule has 2 heterocycles. The zero-order chi connectivity index (χ0) is 11.5. The maximum atomic E-state index is 12.0. The SMILES string of the molecule is O=C(c1cc[nH]c(=O)c1)N1CCCC(Cl)C1. The van der Waals surface area contributed by atoms with Gasteiger partial charge in [0, 0.05) is 30.9 Å². The first-order chi connectivity index (χ1) is 7.66. The maximum absolute atomic E-state index is 12.0. The summed E-state index contributed by atoms with van der Waals surface area (Å²) in [5, 5.41) is 0.0275. The van der Waals surface area contributed by atoms with E-state index >= 15 is 0 Å². The average Bonchev–Trinajstić information content (AvgIpc) is 2.28. The number of rotatable bonds is 1. The summed E-state index contributed by atoms with van der Waals surface area (Å²) in [4.78, 5) is 27.3. The van der Waals surface area contributed by atoms with E-state index in [0.29, 0.717) is 12.1 Å². The van der Waals surface area contributed by atoms with Gasteiger partial charge in [0.15, 0.2) is 0 Å². The number of aromatic amines is 1. The van der Waals surface area contributed by atoms with Gasteiger partial charge in [-0.05, 0) is 18.9 Å². The van der Waals surface area contributed by atoms with Crippen LogP contribution in [0.5, 0.6) is 0 Å². The number of aromatic nitrogens is 1. The van der Waals surface area contributed by atoms with Gasteiger partial charge in [-0.15, -0.1) is 11.6 Å². The minimum absolute atomic E-state index is 0.0275. The number of pyridine rings is 1. The fourth-order valence-corrected chi connectivity index (χ4v) is 2.19. The third kappa shape index (κ3) is 2.44. The van der Waals surface area contributed by atoms with Gasteiger partial charge in [-0.25, -0.2) is 0 Å². The summed E-state index contributed by atoms with van der Waals surface area (Å²) in [7, 11) is 0. The lowest BCUT2D eigenvalue weighted by atomic mass is 10.1. The number of carbonyl (C=O) groups is 1. The quantitative estimate of drug-likeness (QED) is 0.751. The van der Waals surface area contributed by atoms with Crippen LogP contribution in [0, 0.1) is 0 Å². The number of hydrogen-bond acceptors (Lipinski definition) is 2. The number of piperidine rings is 1. The van der Waals surface area contributed by atoms with Gasteiger partial charge < -0.3 is 9.88 Å². The molecular weight excluding hydrogens is 228 g/mol. The first-order valence-electron chi connectivity index (χ1n) is 5.29. The van der Waals surface area contributed by atoms with E-state index in [4.69, 9.17) is 11.6 Å². The molecule has 1 N–H and O–H groups in total. The van der Waals surface area contributed by atoms with Crippen LogP contribution in [-0.4, -0.2) is 34.3 Å². The smallest absolute Gasteiger partial charge is 0.254 e. The lowest BCUT2D eigenvalue weighted by Crippen LogP contribution is -2.40. The second-order valence-corrected chi connectivity index (χ2v) is 4.55. The van der Waals surface area contributed by atoms with Crippen molar-refractivity contribution in [2.24, 2.45) is 0 Å². The predicted octanol–water partition coefficient (Wildman–Crippen LogP) is 1.22. The molecule has 1 amide bonds. The van der Waals surface area contributed by atoms with E-state index in [1.807, 2.05) is 0 Å². The zero-order valence-corrected chi connectivity index (χ0v) is 9.54. The molecule has 0 aliphatic carbocycles. The van der Waals surface area contributed by atoms with E-state index in [-0.39, 0.29) is 16.8 Å². The molecule has 4 nitrogen and oxygen atoms in total. The molecule has 1 fully saturated rings. The molecule has 0 bridgehead atoms. The maximum Gasteiger partial charge on any atom is 0.254 e.